The number of hydrogen-bond donors (Lipinski definition) is 3. The number of aliphatic hydroxyl groups is 2. The SMILES string of the molecule is O=C(NCC(O)CO)C1COc2ccccc2O1. The molecule has 1 amide bonds. The predicted molar refractivity (Wildman–Crippen MR) is 62.5 cm³/mol. The molecule has 98 valence electrons. The molecular weight excluding hydrogens is 238 g/mol. The third-order valence-electron chi connectivity index (χ3n) is 2.52. The van der Waals surface area contributed by atoms with Crippen molar-refractivity contribution in [2.75, 3.05) is 19.8 Å². The number of ether oxygens (including phenoxy) is 2. The number of rotatable bonds is 4. The van der Waals surface area contributed by atoms with Crippen LogP contribution in [0.25, 0.3) is 0 Å². The Hall–Kier alpha value is -1.79. The lowest BCUT2D eigenvalue weighted by Crippen LogP contribution is -2.46. The van der Waals surface area contributed by atoms with Crippen molar-refractivity contribution in [3.8, 4) is 11.5 Å². The number of carbonyl (C=O) groups excluding carboxylic acids is 1. The molecule has 3 N–H and O–H groups in total. The van der Waals surface area contributed by atoms with E-state index >= 15 is 0 Å². The lowest BCUT2D eigenvalue weighted by molar-refractivity contribution is -0.130. The number of fused-ring (bicyclic) bond motifs is 1. The predicted octanol–water partition coefficient (Wildman–Crippen LogP) is -0.704. The number of carbonyl (C=O) groups is 1. The van der Waals surface area contributed by atoms with Gasteiger partial charge in [-0.25, -0.2) is 0 Å². The van der Waals surface area contributed by atoms with Crippen LogP contribution in [-0.4, -0.2) is 48.1 Å². The molecule has 0 spiro atoms. The molecule has 1 aliphatic rings. The Morgan fingerprint density at radius 1 is 1.44 bits per heavy atom. The van der Waals surface area contributed by atoms with E-state index in [0.29, 0.717) is 11.5 Å². The van der Waals surface area contributed by atoms with E-state index in [1.807, 2.05) is 6.07 Å². The lowest BCUT2D eigenvalue weighted by Gasteiger charge is -2.25. The summed E-state index contributed by atoms with van der Waals surface area (Å²) in [6.07, 6.45) is -1.71. The molecule has 0 radical (unpaired) electrons. The number of hydrogen-bond acceptors (Lipinski definition) is 5. The zero-order chi connectivity index (χ0) is 13.0. The summed E-state index contributed by atoms with van der Waals surface area (Å²) in [4.78, 5) is 11.7. The van der Waals surface area contributed by atoms with Crippen LogP contribution >= 0.6 is 0 Å². The van der Waals surface area contributed by atoms with E-state index < -0.39 is 18.8 Å². The zero-order valence-corrected chi connectivity index (χ0v) is 9.70. The van der Waals surface area contributed by atoms with Crippen molar-refractivity contribution in [1.29, 1.82) is 0 Å². The summed E-state index contributed by atoms with van der Waals surface area (Å²) in [5, 5.41) is 20.2. The van der Waals surface area contributed by atoms with Crippen LogP contribution in [0, 0.1) is 0 Å². The molecule has 0 aliphatic carbocycles. The Morgan fingerprint density at radius 2 is 2.17 bits per heavy atom. The van der Waals surface area contributed by atoms with Gasteiger partial charge in [-0.1, -0.05) is 12.1 Å². The fraction of sp³-hybridized carbons (Fsp3) is 0.417. The number of para-hydroxylation sites is 2. The van der Waals surface area contributed by atoms with Crippen LogP contribution in [0.5, 0.6) is 11.5 Å². The molecule has 0 fully saturated rings. The van der Waals surface area contributed by atoms with Gasteiger partial charge >= 0.3 is 0 Å². The van der Waals surface area contributed by atoms with Gasteiger partial charge in [0, 0.05) is 6.54 Å². The molecule has 6 heteroatoms. The van der Waals surface area contributed by atoms with Crippen LogP contribution < -0.4 is 14.8 Å². The van der Waals surface area contributed by atoms with Gasteiger partial charge in [0.2, 0.25) is 6.10 Å². The number of benzene rings is 1. The van der Waals surface area contributed by atoms with Crippen molar-refractivity contribution >= 4 is 5.91 Å². The highest BCUT2D eigenvalue weighted by Crippen LogP contribution is 2.30. The van der Waals surface area contributed by atoms with Gasteiger partial charge < -0.3 is 25.0 Å². The van der Waals surface area contributed by atoms with Gasteiger partial charge in [-0.05, 0) is 12.1 Å². The second kappa shape index (κ2) is 5.70. The Labute approximate surface area is 104 Å². The Morgan fingerprint density at radius 3 is 2.89 bits per heavy atom. The zero-order valence-electron chi connectivity index (χ0n) is 9.70. The Bertz CT molecular complexity index is 423. The normalized spacial score (nSPS) is 19.1. The van der Waals surface area contributed by atoms with E-state index in [1.54, 1.807) is 18.2 Å². The highest BCUT2D eigenvalue weighted by molar-refractivity contribution is 5.81. The molecule has 18 heavy (non-hydrogen) atoms. The monoisotopic (exact) mass is 253 g/mol. The van der Waals surface area contributed by atoms with Crippen molar-refractivity contribution < 1.29 is 24.5 Å². The van der Waals surface area contributed by atoms with Crippen LogP contribution in [0.2, 0.25) is 0 Å². The van der Waals surface area contributed by atoms with Gasteiger partial charge in [0.25, 0.3) is 5.91 Å². The molecule has 1 aliphatic heterocycles. The van der Waals surface area contributed by atoms with E-state index in [1.165, 1.54) is 0 Å². The van der Waals surface area contributed by atoms with Gasteiger partial charge in [-0.15, -0.1) is 0 Å². The molecule has 2 unspecified atom stereocenters. The van der Waals surface area contributed by atoms with Crippen molar-refractivity contribution in [1.82, 2.24) is 5.32 Å². The van der Waals surface area contributed by atoms with Gasteiger partial charge in [0.1, 0.15) is 6.61 Å². The topological polar surface area (TPSA) is 88.0 Å². The molecule has 0 saturated heterocycles. The molecule has 1 heterocycles. The first-order valence-corrected chi connectivity index (χ1v) is 5.66. The largest absolute Gasteiger partial charge is 0.485 e. The fourth-order valence-corrected chi connectivity index (χ4v) is 1.55. The van der Waals surface area contributed by atoms with Gasteiger partial charge in [-0.2, -0.15) is 0 Å². The maximum absolute atomic E-state index is 11.7. The molecular formula is C12H15NO5. The summed E-state index contributed by atoms with van der Waals surface area (Å²) in [7, 11) is 0. The maximum atomic E-state index is 11.7. The fourth-order valence-electron chi connectivity index (χ4n) is 1.55. The summed E-state index contributed by atoms with van der Waals surface area (Å²) in [6.45, 7) is -0.292. The van der Waals surface area contributed by atoms with Crippen LogP contribution in [0.4, 0.5) is 0 Å². The summed E-state index contributed by atoms with van der Waals surface area (Å²) in [5.74, 6) is 0.751. The molecule has 0 aromatic heterocycles. The molecule has 1 aromatic rings. The van der Waals surface area contributed by atoms with Crippen LogP contribution in [-0.2, 0) is 4.79 Å². The Kier molecular flexibility index (Phi) is 4.01. The Balaban J connectivity index is 1.90. The highest BCUT2D eigenvalue weighted by atomic mass is 16.6. The van der Waals surface area contributed by atoms with Crippen molar-refractivity contribution in [3.63, 3.8) is 0 Å². The first kappa shape index (κ1) is 12.7. The van der Waals surface area contributed by atoms with Crippen molar-refractivity contribution in [3.05, 3.63) is 24.3 Å². The van der Waals surface area contributed by atoms with E-state index in [9.17, 15) is 4.79 Å². The van der Waals surface area contributed by atoms with E-state index in [0.717, 1.165) is 0 Å². The smallest absolute Gasteiger partial charge is 0.264 e. The molecule has 0 bridgehead atoms. The van der Waals surface area contributed by atoms with E-state index in [-0.39, 0.29) is 19.1 Å². The van der Waals surface area contributed by atoms with Gasteiger partial charge in [0.15, 0.2) is 11.5 Å². The van der Waals surface area contributed by atoms with Crippen LogP contribution in [0.1, 0.15) is 0 Å². The first-order valence-electron chi connectivity index (χ1n) is 5.66. The summed E-state index contributed by atoms with van der Waals surface area (Å²) < 4.78 is 10.9. The molecule has 6 nitrogen and oxygen atoms in total. The maximum Gasteiger partial charge on any atom is 0.264 e. The van der Waals surface area contributed by atoms with Crippen molar-refractivity contribution in [2.45, 2.75) is 12.2 Å². The summed E-state index contributed by atoms with van der Waals surface area (Å²) >= 11 is 0. The van der Waals surface area contributed by atoms with Gasteiger partial charge in [0.05, 0.1) is 12.7 Å². The van der Waals surface area contributed by atoms with Crippen molar-refractivity contribution in [2.24, 2.45) is 0 Å². The highest BCUT2D eigenvalue weighted by Gasteiger charge is 2.27. The summed E-state index contributed by atoms with van der Waals surface area (Å²) in [5.41, 5.74) is 0. The lowest BCUT2D eigenvalue weighted by atomic mass is 10.2. The third kappa shape index (κ3) is 2.91. The average molecular weight is 253 g/mol. The minimum Gasteiger partial charge on any atom is -0.485 e. The standard InChI is InChI=1S/C12H15NO5/c14-6-8(15)5-13-12(16)11-7-17-9-3-1-2-4-10(9)18-11/h1-4,8,11,14-15H,5-7H2,(H,13,16). The van der Waals surface area contributed by atoms with E-state index in [2.05, 4.69) is 5.32 Å². The summed E-state index contributed by atoms with van der Waals surface area (Å²) in [6, 6.07) is 7.09. The van der Waals surface area contributed by atoms with Gasteiger partial charge in [-0.3, -0.25) is 4.79 Å². The minimum atomic E-state index is -0.967. The molecule has 2 atom stereocenters. The van der Waals surface area contributed by atoms with E-state index in [4.69, 9.17) is 19.7 Å². The second-order valence-electron chi connectivity index (χ2n) is 3.95. The third-order valence-corrected chi connectivity index (χ3v) is 2.52. The molecule has 0 saturated carbocycles. The number of aliphatic hydroxyl groups excluding tert-OH is 2. The molecule has 2 rings (SSSR count). The first-order chi connectivity index (χ1) is 8.70. The quantitative estimate of drug-likeness (QED) is 0.660. The average Bonchev–Trinajstić information content (AvgIpc) is 2.43. The number of nitrogens with one attached hydrogen (secondary N) is 1. The van der Waals surface area contributed by atoms with Crippen LogP contribution in [0.3, 0.4) is 0 Å². The van der Waals surface area contributed by atoms with Crippen LogP contribution in [0.15, 0.2) is 24.3 Å². The molecule has 1 aromatic carbocycles. The second-order valence-corrected chi connectivity index (χ2v) is 3.95. The number of amides is 1. The minimum absolute atomic E-state index is 0.0170.